The lowest BCUT2D eigenvalue weighted by Crippen LogP contribution is -2.31. The van der Waals surface area contributed by atoms with Gasteiger partial charge in [0.05, 0.1) is 22.1 Å². The Balaban J connectivity index is 1.16. The van der Waals surface area contributed by atoms with Gasteiger partial charge in [0, 0.05) is 26.3 Å². The number of hydrogen-bond acceptors (Lipinski definition) is 8. The summed E-state index contributed by atoms with van der Waals surface area (Å²) in [7, 11) is 1.54. The average molecular weight is 576 g/mol. The van der Waals surface area contributed by atoms with Crippen molar-refractivity contribution < 1.29 is 33.0 Å². The molecule has 0 unspecified atom stereocenters. The number of nitrogens with zero attached hydrogens (tertiary/aromatic N) is 1. The Bertz CT molecular complexity index is 1910. The first-order chi connectivity index (χ1) is 20.9. The van der Waals surface area contributed by atoms with Crippen molar-refractivity contribution >= 4 is 28.8 Å². The van der Waals surface area contributed by atoms with Crippen LogP contribution >= 0.6 is 0 Å². The molecule has 2 heterocycles. The van der Waals surface area contributed by atoms with Crippen molar-refractivity contribution in [3.63, 3.8) is 0 Å². The van der Waals surface area contributed by atoms with Gasteiger partial charge < -0.3 is 18.6 Å². The van der Waals surface area contributed by atoms with Crippen molar-refractivity contribution in [1.82, 2.24) is 4.90 Å². The number of carbonyl (C=O) groups excluding carboxylic acids is 3. The molecule has 0 radical (unpaired) electrons. The van der Waals surface area contributed by atoms with E-state index in [1.54, 1.807) is 19.2 Å². The molecule has 1 aliphatic heterocycles. The number of methoxy groups -OCH3 is 1. The monoisotopic (exact) mass is 575 g/mol. The van der Waals surface area contributed by atoms with Gasteiger partial charge in [-0.1, -0.05) is 42.5 Å². The van der Waals surface area contributed by atoms with Crippen molar-refractivity contribution in [1.29, 1.82) is 0 Å². The summed E-state index contributed by atoms with van der Waals surface area (Å²) < 4.78 is 21.9. The van der Waals surface area contributed by atoms with Gasteiger partial charge in [-0.25, -0.2) is 4.79 Å². The molecule has 0 bridgehead atoms. The highest BCUT2D eigenvalue weighted by Crippen LogP contribution is 2.28. The molecule has 1 aromatic heterocycles. The van der Waals surface area contributed by atoms with Crippen LogP contribution in [0.25, 0.3) is 22.1 Å². The second-order valence-electron chi connectivity index (χ2n) is 9.84. The summed E-state index contributed by atoms with van der Waals surface area (Å²) in [5, 5.41) is 0.244. The molecule has 9 heteroatoms. The summed E-state index contributed by atoms with van der Waals surface area (Å²) in [5.74, 6) is -0.990. The minimum absolute atomic E-state index is 0.0123. The molecular weight excluding hydrogens is 550 g/mol. The van der Waals surface area contributed by atoms with E-state index < -0.39 is 17.8 Å². The smallest absolute Gasteiger partial charge is 0.343 e. The van der Waals surface area contributed by atoms with E-state index in [1.807, 2.05) is 42.5 Å². The first kappa shape index (κ1) is 27.6. The van der Waals surface area contributed by atoms with Crippen LogP contribution in [-0.2, 0) is 4.74 Å². The van der Waals surface area contributed by atoms with E-state index in [-0.39, 0.29) is 51.1 Å². The fraction of sp³-hybridized carbons (Fsp3) is 0.118. The molecule has 0 fully saturated rings. The van der Waals surface area contributed by atoms with Gasteiger partial charge in [-0.2, -0.15) is 0 Å². The van der Waals surface area contributed by atoms with Gasteiger partial charge in [0.2, 0.25) is 11.2 Å². The molecule has 9 nitrogen and oxygen atoms in total. The summed E-state index contributed by atoms with van der Waals surface area (Å²) in [4.78, 5) is 52.5. The van der Waals surface area contributed by atoms with E-state index in [2.05, 4.69) is 0 Å². The lowest BCUT2D eigenvalue weighted by Gasteiger charge is -2.12. The maximum atomic E-state index is 13.1. The third-order valence-electron chi connectivity index (χ3n) is 7.05. The molecule has 0 saturated carbocycles. The van der Waals surface area contributed by atoms with Crippen LogP contribution in [0.2, 0.25) is 0 Å². The number of hydrogen-bond donors (Lipinski definition) is 0. The molecule has 6 rings (SSSR count). The third kappa shape index (κ3) is 5.53. The minimum atomic E-state index is -0.735. The van der Waals surface area contributed by atoms with Crippen LogP contribution in [-0.4, -0.2) is 42.9 Å². The van der Waals surface area contributed by atoms with E-state index >= 15 is 0 Å². The van der Waals surface area contributed by atoms with Crippen LogP contribution in [0.4, 0.5) is 0 Å². The van der Waals surface area contributed by atoms with E-state index in [0.29, 0.717) is 18.8 Å². The largest absolute Gasteiger partial charge is 0.460 e. The summed E-state index contributed by atoms with van der Waals surface area (Å²) in [5.41, 5.74) is 2.37. The topological polar surface area (TPSA) is 112 Å². The Morgan fingerprint density at radius 3 is 2.28 bits per heavy atom. The molecule has 0 saturated heterocycles. The third-order valence-corrected chi connectivity index (χ3v) is 7.05. The maximum absolute atomic E-state index is 13.1. The molecule has 43 heavy (non-hydrogen) atoms. The summed E-state index contributed by atoms with van der Waals surface area (Å²) >= 11 is 0. The van der Waals surface area contributed by atoms with Gasteiger partial charge in [-0.3, -0.25) is 19.3 Å². The fourth-order valence-corrected chi connectivity index (χ4v) is 4.85. The van der Waals surface area contributed by atoms with E-state index in [1.165, 1.54) is 42.7 Å². The number of amides is 2. The highest BCUT2D eigenvalue weighted by Gasteiger charge is 2.35. The predicted molar refractivity (Wildman–Crippen MR) is 158 cm³/mol. The van der Waals surface area contributed by atoms with Crippen LogP contribution in [0.1, 0.15) is 37.5 Å². The first-order valence-electron chi connectivity index (χ1n) is 13.5. The lowest BCUT2D eigenvalue weighted by atomic mass is 10.1. The number of fused-ring (bicyclic) bond motifs is 2. The number of rotatable bonds is 9. The Morgan fingerprint density at radius 1 is 0.791 bits per heavy atom. The molecule has 0 spiro atoms. The van der Waals surface area contributed by atoms with E-state index in [4.69, 9.17) is 18.6 Å². The van der Waals surface area contributed by atoms with Gasteiger partial charge in [0.15, 0.2) is 0 Å². The molecule has 5 aromatic rings. The minimum Gasteiger partial charge on any atom is -0.460 e. The van der Waals surface area contributed by atoms with Crippen LogP contribution < -0.4 is 14.9 Å². The maximum Gasteiger partial charge on any atom is 0.343 e. The number of imide groups is 1. The van der Waals surface area contributed by atoms with Crippen LogP contribution in [0, 0.1) is 0 Å². The molecular formula is C34H25NO8. The standard InChI is InChI=1S/C34H25NO8/c1-40-17-5-16-35-32(37)26-14-10-23(18-28(26)33(35)38)34(39)43-25-13-15-27-29(19-25)41-20-30(31(27)36)42-24-11-8-22(9-12-24)21-6-3-2-4-7-21/h2-4,6-15,18-20H,5,16-17H2,1H3. The van der Waals surface area contributed by atoms with Crippen molar-refractivity contribution in [2.45, 2.75) is 6.42 Å². The zero-order chi connectivity index (χ0) is 29.9. The molecule has 0 N–H and O–H groups in total. The Kier molecular flexibility index (Phi) is 7.55. The van der Waals surface area contributed by atoms with Crippen molar-refractivity contribution in [2.75, 3.05) is 20.3 Å². The van der Waals surface area contributed by atoms with Crippen molar-refractivity contribution in [2.24, 2.45) is 0 Å². The van der Waals surface area contributed by atoms with Crippen molar-refractivity contribution in [3.05, 3.63) is 124 Å². The highest BCUT2D eigenvalue weighted by atomic mass is 16.5. The van der Waals surface area contributed by atoms with Gasteiger partial charge in [-0.15, -0.1) is 0 Å². The van der Waals surface area contributed by atoms with Gasteiger partial charge in [0.25, 0.3) is 11.8 Å². The second kappa shape index (κ2) is 11.8. The summed E-state index contributed by atoms with van der Waals surface area (Å²) in [6, 6.07) is 25.9. The van der Waals surface area contributed by atoms with E-state index in [0.717, 1.165) is 16.0 Å². The first-order valence-corrected chi connectivity index (χ1v) is 13.5. The normalized spacial score (nSPS) is 12.4. The van der Waals surface area contributed by atoms with Gasteiger partial charge >= 0.3 is 5.97 Å². The fourth-order valence-electron chi connectivity index (χ4n) is 4.85. The molecule has 2 amide bonds. The van der Waals surface area contributed by atoms with Crippen LogP contribution in [0.3, 0.4) is 0 Å². The lowest BCUT2D eigenvalue weighted by molar-refractivity contribution is 0.0638. The Morgan fingerprint density at radius 2 is 1.51 bits per heavy atom. The molecule has 4 aromatic carbocycles. The predicted octanol–water partition coefficient (Wildman–Crippen LogP) is 6.10. The van der Waals surface area contributed by atoms with Gasteiger partial charge in [-0.05, 0) is 60.0 Å². The number of esters is 1. The molecule has 1 aliphatic rings. The number of benzene rings is 4. The summed E-state index contributed by atoms with van der Waals surface area (Å²) in [6.07, 6.45) is 1.72. The Hall–Kier alpha value is -5.54. The van der Waals surface area contributed by atoms with E-state index in [9.17, 15) is 19.2 Å². The zero-order valence-electron chi connectivity index (χ0n) is 23.1. The second-order valence-corrected chi connectivity index (χ2v) is 9.84. The Labute approximate surface area is 245 Å². The quantitative estimate of drug-likeness (QED) is 0.0897. The average Bonchev–Trinajstić information content (AvgIpc) is 3.27. The summed E-state index contributed by atoms with van der Waals surface area (Å²) in [6.45, 7) is 0.629. The zero-order valence-corrected chi connectivity index (χ0v) is 23.1. The molecule has 214 valence electrons. The number of ether oxygens (including phenoxy) is 3. The number of carbonyl (C=O) groups is 3. The van der Waals surface area contributed by atoms with Crippen LogP contribution in [0.15, 0.2) is 106 Å². The molecule has 0 aliphatic carbocycles. The molecule has 0 atom stereocenters. The van der Waals surface area contributed by atoms with Crippen LogP contribution in [0.5, 0.6) is 17.2 Å². The SMILES string of the molecule is COCCCN1C(=O)c2ccc(C(=O)Oc3ccc4c(=O)c(Oc5ccc(-c6ccccc6)cc5)coc4c3)cc2C1=O. The van der Waals surface area contributed by atoms with Crippen molar-refractivity contribution in [3.8, 4) is 28.4 Å². The highest BCUT2D eigenvalue weighted by molar-refractivity contribution is 6.22. The van der Waals surface area contributed by atoms with Gasteiger partial charge in [0.1, 0.15) is 23.3 Å².